The number of halogens is 3. The van der Waals surface area contributed by atoms with Gasteiger partial charge in [-0.25, -0.2) is 9.78 Å². The Morgan fingerprint density at radius 1 is 1.10 bits per heavy atom. The molecule has 21 heavy (non-hydrogen) atoms. The molecule has 0 saturated carbocycles. The first-order valence-electron chi connectivity index (χ1n) is 5.74. The van der Waals surface area contributed by atoms with Crippen molar-refractivity contribution in [3.8, 4) is 5.69 Å². The van der Waals surface area contributed by atoms with Crippen molar-refractivity contribution >= 4 is 11.2 Å². The van der Waals surface area contributed by atoms with Crippen LogP contribution in [-0.2, 0) is 6.18 Å². The Morgan fingerprint density at radius 3 is 2.38 bits per heavy atom. The van der Waals surface area contributed by atoms with Crippen molar-refractivity contribution in [2.45, 2.75) is 6.18 Å². The fraction of sp³-hybridized carbons (Fsp3) is 0.0833. The second kappa shape index (κ2) is 4.33. The molecule has 0 unspecified atom stereocenters. The number of hydrogen-bond acceptors (Lipinski definition) is 3. The average Bonchev–Trinajstić information content (AvgIpc) is 2.75. The molecule has 0 atom stereocenters. The van der Waals surface area contributed by atoms with Crippen LogP contribution in [0.3, 0.4) is 0 Å². The molecule has 2 heterocycles. The fourth-order valence-electron chi connectivity index (χ4n) is 2.00. The van der Waals surface area contributed by atoms with Gasteiger partial charge in [0.05, 0.1) is 17.6 Å². The molecule has 0 bridgehead atoms. The number of alkyl halides is 3. The fourth-order valence-corrected chi connectivity index (χ4v) is 2.00. The van der Waals surface area contributed by atoms with E-state index in [0.29, 0.717) is 0 Å². The standard InChI is InChI=1S/C12H7F3N4O2/c13-12(14,15)6-1-3-7(4-2-6)19-8-9(18-11(19)21)16-5-17-10(8)20/h1-5H,(H2,16,17,18,20,21). The van der Waals surface area contributed by atoms with Crippen LogP contribution >= 0.6 is 0 Å². The molecule has 0 saturated heterocycles. The number of hydrogen-bond donors (Lipinski definition) is 2. The lowest BCUT2D eigenvalue weighted by Crippen LogP contribution is -2.18. The Kier molecular flexibility index (Phi) is 2.71. The molecule has 0 aliphatic heterocycles. The molecule has 2 aromatic heterocycles. The SMILES string of the molecule is O=c1[nH]cnc2[nH]c(=O)n(-c3ccc(C(F)(F)F)cc3)c12. The van der Waals surface area contributed by atoms with Gasteiger partial charge in [0.1, 0.15) is 0 Å². The lowest BCUT2D eigenvalue weighted by Gasteiger charge is -2.07. The Labute approximate surface area is 113 Å². The Morgan fingerprint density at radius 2 is 1.76 bits per heavy atom. The van der Waals surface area contributed by atoms with E-state index in [2.05, 4.69) is 15.0 Å². The Bertz CT molecular complexity index is 919. The lowest BCUT2D eigenvalue weighted by atomic mass is 10.2. The molecule has 3 rings (SSSR count). The van der Waals surface area contributed by atoms with E-state index in [1.165, 1.54) is 0 Å². The second-order valence-corrected chi connectivity index (χ2v) is 4.24. The van der Waals surface area contributed by atoms with Crippen LogP contribution in [-0.4, -0.2) is 19.5 Å². The first kappa shape index (κ1) is 13.2. The molecule has 0 radical (unpaired) electrons. The van der Waals surface area contributed by atoms with Gasteiger partial charge in [-0.1, -0.05) is 0 Å². The summed E-state index contributed by atoms with van der Waals surface area (Å²) in [5, 5.41) is 0. The molecular weight excluding hydrogens is 289 g/mol. The molecule has 108 valence electrons. The van der Waals surface area contributed by atoms with E-state index in [9.17, 15) is 22.8 Å². The first-order chi connectivity index (χ1) is 9.88. The number of nitrogens with zero attached hydrogens (tertiary/aromatic N) is 2. The summed E-state index contributed by atoms with van der Waals surface area (Å²) in [6.45, 7) is 0. The van der Waals surface area contributed by atoms with Gasteiger partial charge in [0.15, 0.2) is 11.2 Å². The molecule has 0 amide bonds. The van der Waals surface area contributed by atoms with Crippen molar-refractivity contribution in [2.24, 2.45) is 0 Å². The quantitative estimate of drug-likeness (QED) is 0.712. The van der Waals surface area contributed by atoms with Gasteiger partial charge in [-0.2, -0.15) is 13.2 Å². The minimum atomic E-state index is -4.47. The van der Waals surface area contributed by atoms with E-state index in [1.54, 1.807) is 0 Å². The van der Waals surface area contributed by atoms with Crippen LogP contribution in [0.25, 0.3) is 16.9 Å². The predicted octanol–water partition coefficient (Wildman–Crippen LogP) is 1.42. The molecule has 0 fully saturated rings. The molecular formula is C12H7F3N4O2. The van der Waals surface area contributed by atoms with Crippen molar-refractivity contribution in [3.63, 3.8) is 0 Å². The van der Waals surface area contributed by atoms with E-state index < -0.39 is 23.0 Å². The molecule has 6 nitrogen and oxygen atoms in total. The summed E-state index contributed by atoms with van der Waals surface area (Å²) >= 11 is 0. The van der Waals surface area contributed by atoms with Crippen LogP contribution in [0, 0.1) is 0 Å². The van der Waals surface area contributed by atoms with Gasteiger partial charge < -0.3 is 4.98 Å². The zero-order chi connectivity index (χ0) is 15.2. The maximum absolute atomic E-state index is 12.5. The highest BCUT2D eigenvalue weighted by molar-refractivity contribution is 5.71. The molecule has 2 N–H and O–H groups in total. The molecule has 0 spiro atoms. The van der Waals surface area contributed by atoms with Crippen molar-refractivity contribution in [2.75, 3.05) is 0 Å². The van der Waals surface area contributed by atoms with Gasteiger partial charge >= 0.3 is 11.9 Å². The van der Waals surface area contributed by atoms with Gasteiger partial charge in [0, 0.05) is 0 Å². The lowest BCUT2D eigenvalue weighted by molar-refractivity contribution is -0.137. The molecule has 0 aliphatic carbocycles. The molecule has 0 aliphatic rings. The number of imidazole rings is 1. The van der Waals surface area contributed by atoms with E-state index >= 15 is 0 Å². The summed E-state index contributed by atoms with van der Waals surface area (Å²) < 4.78 is 38.5. The summed E-state index contributed by atoms with van der Waals surface area (Å²) in [6, 6.07) is 3.91. The van der Waals surface area contributed by atoms with Crippen molar-refractivity contribution in [1.82, 2.24) is 19.5 Å². The monoisotopic (exact) mass is 296 g/mol. The predicted molar refractivity (Wildman–Crippen MR) is 67.3 cm³/mol. The number of rotatable bonds is 1. The third-order valence-corrected chi connectivity index (χ3v) is 2.93. The Balaban J connectivity index is 2.24. The smallest absolute Gasteiger partial charge is 0.311 e. The van der Waals surface area contributed by atoms with Gasteiger partial charge in [0.25, 0.3) is 5.56 Å². The van der Waals surface area contributed by atoms with Crippen LogP contribution in [0.1, 0.15) is 5.56 Å². The minimum absolute atomic E-state index is 0.0535. The topological polar surface area (TPSA) is 83.5 Å². The van der Waals surface area contributed by atoms with Crippen LogP contribution < -0.4 is 11.2 Å². The zero-order valence-electron chi connectivity index (χ0n) is 10.2. The van der Waals surface area contributed by atoms with Gasteiger partial charge in [-0.3, -0.25) is 14.3 Å². The van der Waals surface area contributed by atoms with Crippen molar-refractivity contribution < 1.29 is 13.2 Å². The summed E-state index contributed by atoms with van der Waals surface area (Å²) in [5.74, 6) is 0. The molecule has 1 aromatic carbocycles. The summed E-state index contributed by atoms with van der Waals surface area (Å²) in [7, 11) is 0. The van der Waals surface area contributed by atoms with Gasteiger partial charge in [-0.05, 0) is 24.3 Å². The van der Waals surface area contributed by atoms with Crippen LogP contribution in [0.5, 0.6) is 0 Å². The van der Waals surface area contributed by atoms with Crippen LogP contribution in [0.4, 0.5) is 13.2 Å². The van der Waals surface area contributed by atoms with Gasteiger partial charge in [0.2, 0.25) is 0 Å². The number of benzene rings is 1. The maximum atomic E-state index is 12.5. The van der Waals surface area contributed by atoms with E-state index in [-0.39, 0.29) is 16.9 Å². The highest BCUT2D eigenvalue weighted by atomic mass is 19.4. The largest absolute Gasteiger partial charge is 0.416 e. The molecule has 9 heteroatoms. The minimum Gasteiger partial charge on any atom is -0.311 e. The number of nitrogens with one attached hydrogen (secondary N) is 2. The van der Waals surface area contributed by atoms with Gasteiger partial charge in [-0.15, -0.1) is 0 Å². The average molecular weight is 296 g/mol. The van der Waals surface area contributed by atoms with Crippen molar-refractivity contribution in [3.05, 3.63) is 57.0 Å². The summed E-state index contributed by atoms with van der Waals surface area (Å²) in [6.07, 6.45) is -3.35. The van der Waals surface area contributed by atoms with E-state index in [0.717, 1.165) is 35.2 Å². The maximum Gasteiger partial charge on any atom is 0.416 e. The van der Waals surface area contributed by atoms with Crippen LogP contribution in [0.2, 0.25) is 0 Å². The summed E-state index contributed by atoms with van der Waals surface area (Å²) in [5.41, 5.74) is -1.93. The third kappa shape index (κ3) is 2.12. The summed E-state index contributed by atoms with van der Waals surface area (Å²) in [4.78, 5) is 32.1. The highest BCUT2D eigenvalue weighted by Gasteiger charge is 2.30. The van der Waals surface area contributed by atoms with Crippen molar-refractivity contribution in [1.29, 1.82) is 0 Å². The third-order valence-electron chi connectivity index (χ3n) is 2.93. The second-order valence-electron chi connectivity index (χ2n) is 4.24. The Hall–Kier alpha value is -2.84. The number of H-pyrrole nitrogens is 2. The first-order valence-corrected chi connectivity index (χ1v) is 5.74. The zero-order valence-corrected chi connectivity index (χ0v) is 10.2. The highest BCUT2D eigenvalue weighted by Crippen LogP contribution is 2.29. The van der Waals surface area contributed by atoms with E-state index in [4.69, 9.17) is 0 Å². The number of fused-ring (bicyclic) bond motifs is 1. The number of aromatic nitrogens is 4. The normalized spacial score (nSPS) is 12.0. The van der Waals surface area contributed by atoms with E-state index in [1.807, 2.05) is 0 Å². The molecule has 3 aromatic rings. The number of aromatic amines is 2. The van der Waals surface area contributed by atoms with Crippen LogP contribution in [0.15, 0.2) is 40.2 Å².